The van der Waals surface area contributed by atoms with Gasteiger partial charge in [-0.15, -0.1) is 0 Å². The first-order valence-electron chi connectivity index (χ1n) is 4.72. The van der Waals surface area contributed by atoms with Gasteiger partial charge in [-0.3, -0.25) is 11.1 Å². The summed E-state index contributed by atoms with van der Waals surface area (Å²) in [4.78, 5) is 10.9. The summed E-state index contributed by atoms with van der Waals surface area (Å²) in [6.45, 7) is 0.557. The van der Waals surface area contributed by atoms with E-state index < -0.39 is 0 Å². The molecule has 1 aromatic rings. The Kier molecular flexibility index (Phi) is 2.79. The van der Waals surface area contributed by atoms with Crippen LogP contribution in [0.5, 0.6) is 5.75 Å². The van der Waals surface area contributed by atoms with Gasteiger partial charge in [0.25, 0.3) is 0 Å². The number of nitrogens with one attached hydrogen (secondary N) is 1. The molecule has 0 radical (unpaired) electrons. The van der Waals surface area contributed by atoms with Crippen LogP contribution >= 0.6 is 11.6 Å². The van der Waals surface area contributed by atoms with Crippen molar-refractivity contribution < 1.29 is 15.3 Å². The molecule has 15 heavy (non-hydrogen) atoms. The second kappa shape index (κ2) is 4.08. The molecule has 0 fully saturated rings. The van der Waals surface area contributed by atoms with Gasteiger partial charge in [-0.05, 0) is 6.07 Å². The van der Waals surface area contributed by atoms with Crippen LogP contribution in [-0.2, 0) is 0 Å². The quantitative estimate of drug-likeness (QED) is 0.755. The number of para-hydroxylation sites is 1. The molecule has 4 N–H and O–H groups in total. The third-order valence-electron chi connectivity index (χ3n) is 2.36. The lowest BCUT2D eigenvalue weighted by molar-refractivity contribution is -0.251. The van der Waals surface area contributed by atoms with Crippen LogP contribution in [0.4, 0.5) is 4.79 Å². The SMILES string of the molecule is [NH3+]C(=O)N[C@H]1CCOc2c(Cl)cccc21. The third kappa shape index (κ3) is 2.06. The van der Waals surface area contributed by atoms with Crippen LogP contribution in [0.1, 0.15) is 18.0 Å². The summed E-state index contributed by atoms with van der Waals surface area (Å²) in [5.41, 5.74) is 4.23. The summed E-state index contributed by atoms with van der Waals surface area (Å²) in [5.74, 6) is 0.671. The average Bonchev–Trinajstić information content (AvgIpc) is 2.19. The van der Waals surface area contributed by atoms with Crippen molar-refractivity contribution in [3.63, 3.8) is 0 Å². The Balaban J connectivity index is 2.34. The Labute approximate surface area is 92.4 Å². The predicted molar refractivity (Wildman–Crippen MR) is 55.7 cm³/mol. The third-order valence-corrected chi connectivity index (χ3v) is 2.66. The number of hydrogen-bond acceptors (Lipinski definition) is 2. The van der Waals surface area contributed by atoms with Crippen molar-refractivity contribution in [2.45, 2.75) is 12.5 Å². The van der Waals surface area contributed by atoms with Gasteiger partial charge >= 0.3 is 6.03 Å². The maximum absolute atomic E-state index is 10.9. The molecule has 5 heteroatoms. The van der Waals surface area contributed by atoms with Gasteiger partial charge in [-0.25, -0.2) is 4.79 Å². The number of fused-ring (bicyclic) bond motifs is 1. The number of halogens is 1. The fraction of sp³-hybridized carbons (Fsp3) is 0.300. The van der Waals surface area contributed by atoms with Crippen LogP contribution in [0.25, 0.3) is 0 Å². The molecular weight excluding hydrogens is 216 g/mol. The van der Waals surface area contributed by atoms with Crippen molar-refractivity contribution in [1.82, 2.24) is 5.32 Å². The number of urea groups is 1. The van der Waals surface area contributed by atoms with Crippen molar-refractivity contribution in [2.75, 3.05) is 6.61 Å². The number of benzene rings is 1. The number of hydrogen-bond donors (Lipinski definition) is 2. The van der Waals surface area contributed by atoms with Gasteiger partial charge in [0, 0.05) is 12.0 Å². The van der Waals surface area contributed by atoms with E-state index in [9.17, 15) is 4.79 Å². The highest BCUT2D eigenvalue weighted by Gasteiger charge is 2.24. The van der Waals surface area contributed by atoms with Crippen LogP contribution in [0, 0.1) is 0 Å². The van der Waals surface area contributed by atoms with Gasteiger partial charge < -0.3 is 4.74 Å². The minimum absolute atomic E-state index is 0.0440. The predicted octanol–water partition coefficient (Wildman–Crippen LogP) is 1.12. The monoisotopic (exact) mass is 227 g/mol. The molecule has 0 bridgehead atoms. The summed E-state index contributed by atoms with van der Waals surface area (Å²) in [5, 5.41) is 3.36. The number of carbonyl (C=O) groups is 1. The number of amides is 2. The Bertz CT molecular complexity index is 395. The molecule has 0 saturated carbocycles. The zero-order valence-electron chi connectivity index (χ0n) is 8.13. The lowest BCUT2D eigenvalue weighted by Gasteiger charge is -2.25. The van der Waals surface area contributed by atoms with Crippen molar-refractivity contribution >= 4 is 17.6 Å². The number of rotatable bonds is 1. The fourth-order valence-electron chi connectivity index (χ4n) is 1.73. The molecule has 0 aromatic heterocycles. The molecule has 1 aliphatic rings. The lowest BCUT2D eigenvalue weighted by Crippen LogP contribution is -2.63. The first-order valence-corrected chi connectivity index (χ1v) is 5.10. The van der Waals surface area contributed by atoms with E-state index >= 15 is 0 Å². The number of carbonyl (C=O) groups excluding carboxylic acids is 1. The van der Waals surface area contributed by atoms with Crippen molar-refractivity contribution in [2.24, 2.45) is 0 Å². The standard InChI is InChI=1S/C10H11ClN2O2/c11-7-3-1-2-6-8(13-10(12)14)4-5-15-9(6)7/h1-3,8H,4-5H2,(H3,12,13,14)/p+1/t8-/m0/s1. The summed E-state index contributed by atoms with van der Waals surface area (Å²) in [6, 6.07) is 5.19. The molecule has 4 nitrogen and oxygen atoms in total. The normalized spacial score (nSPS) is 18.9. The highest BCUT2D eigenvalue weighted by atomic mass is 35.5. The van der Waals surface area contributed by atoms with Gasteiger partial charge in [0.1, 0.15) is 5.75 Å². The molecule has 1 aliphatic heterocycles. The van der Waals surface area contributed by atoms with E-state index in [0.717, 1.165) is 12.0 Å². The van der Waals surface area contributed by atoms with Gasteiger partial charge in [0.2, 0.25) is 0 Å². The maximum atomic E-state index is 10.9. The number of ether oxygens (including phenoxy) is 1. The smallest absolute Gasteiger partial charge is 0.412 e. The molecule has 0 unspecified atom stereocenters. The van der Waals surface area contributed by atoms with E-state index in [-0.39, 0.29) is 12.1 Å². The Hall–Kier alpha value is -1.26. The zero-order valence-corrected chi connectivity index (χ0v) is 8.88. The van der Waals surface area contributed by atoms with Crippen LogP contribution < -0.4 is 15.8 Å². The van der Waals surface area contributed by atoms with Crippen molar-refractivity contribution in [1.29, 1.82) is 0 Å². The molecule has 1 aromatic carbocycles. The van der Waals surface area contributed by atoms with Gasteiger partial charge in [-0.1, -0.05) is 23.7 Å². The Morgan fingerprint density at radius 1 is 1.60 bits per heavy atom. The first-order chi connectivity index (χ1) is 7.18. The van der Waals surface area contributed by atoms with Crippen LogP contribution in [0.2, 0.25) is 5.02 Å². The van der Waals surface area contributed by atoms with Crippen LogP contribution in [-0.4, -0.2) is 12.6 Å². The van der Waals surface area contributed by atoms with Crippen LogP contribution in [0.15, 0.2) is 18.2 Å². The van der Waals surface area contributed by atoms with Crippen molar-refractivity contribution in [3.05, 3.63) is 28.8 Å². The van der Waals surface area contributed by atoms with Gasteiger partial charge in [-0.2, -0.15) is 0 Å². The van der Waals surface area contributed by atoms with E-state index in [0.29, 0.717) is 17.4 Å². The van der Waals surface area contributed by atoms with Gasteiger partial charge in [0.05, 0.1) is 17.7 Å². The first kappa shape index (κ1) is 10.3. The Morgan fingerprint density at radius 3 is 3.13 bits per heavy atom. The Morgan fingerprint density at radius 2 is 2.40 bits per heavy atom. The molecule has 0 spiro atoms. The fourth-order valence-corrected chi connectivity index (χ4v) is 1.97. The molecule has 1 atom stereocenters. The molecule has 2 rings (SSSR count). The molecule has 1 heterocycles. The highest BCUT2D eigenvalue weighted by molar-refractivity contribution is 6.32. The number of quaternary nitrogens is 1. The molecule has 80 valence electrons. The second-order valence-corrected chi connectivity index (χ2v) is 3.82. The minimum Gasteiger partial charge on any atom is -0.492 e. The second-order valence-electron chi connectivity index (χ2n) is 3.42. The molecular formula is C10H12ClN2O2+. The van der Waals surface area contributed by atoms with Crippen LogP contribution in [0.3, 0.4) is 0 Å². The van der Waals surface area contributed by atoms with E-state index in [1.54, 1.807) is 6.07 Å². The van der Waals surface area contributed by atoms with E-state index in [1.807, 2.05) is 12.1 Å². The zero-order chi connectivity index (χ0) is 10.8. The molecule has 0 aliphatic carbocycles. The minimum atomic E-state index is -0.284. The van der Waals surface area contributed by atoms with E-state index in [1.165, 1.54) is 0 Å². The molecule has 0 saturated heterocycles. The summed E-state index contributed by atoms with van der Waals surface area (Å²) in [7, 11) is 0. The van der Waals surface area contributed by atoms with Gasteiger partial charge in [0.15, 0.2) is 0 Å². The highest BCUT2D eigenvalue weighted by Crippen LogP contribution is 2.37. The van der Waals surface area contributed by atoms with E-state index in [2.05, 4.69) is 11.1 Å². The summed E-state index contributed by atoms with van der Waals surface area (Å²) < 4.78 is 5.46. The largest absolute Gasteiger partial charge is 0.492 e. The maximum Gasteiger partial charge on any atom is 0.412 e. The van der Waals surface area contributed by atoms with E-state index in [4.69, 9.17) is 16.3 Å². The van der Waals surface area contributed by atoms with Crippen molar-refractivity contribution in [3.8, 4) is 5.75 Å². The molecule has 2 amide bonds. The summed E-state index contributed by atoms with van der Waals surface area (Å²) >= 11 is 5.99. The lowest BCUT2D eigenvalue weighted by atomic mass is 10.0. The average molecular weight is 228 g/mol. The summed E-state index contributed by atoms with van der Waals surface area (Å²) in [6.07, 6.45) is 0.745. The topological polar surface area (TPSA) is 66.0 Å².